The molecule has 1 nitrogen and oxygen atoms in total. The van der Waals surface area contributed by atoms with Crippen LogP contribution in [0.25, 0.3) is 11.1 Å². The molecule has 0 amide bonds. The van der Waals surface area contributed by atoms with Crippen LogP contribution in [0.1, 0.15) is 22.3 Å². The van der Waals surface area contributed by atoms with Crippen LogP contribution in [0, 0.1) is 0 Å². The maximum absolute atomic E-state index is 4.29. The highest BCUT2D eigenvalue weighted by atomic mass is 14.6. The standard InChI is InChI=1S/C21H19N/c1-2-20(15-22-13-1)21-14-18-8-7-16-3-5-17(6-4-16)9-11-19(21)12-10-18/h1-6,10,12-15H,7-9,11H2. The van der Waals surface area contributed by atoms with E-state index in [0.29, 0.717) is 0 Å². The van der Waals surface area contributed by atoms with Crippen LogP contribution in [-0.2, 0) is 25.7 Å². The number of hydrogen-bond donors (Lipinski definition) is 0. The Balaban J connectivity index is 1.79. The van der Waals surface area contributed by atoms with Gasteiger partial charge in [0.1, 0.15) is 0 Å². The molecular weight excluding hydrogens is 266 g/mol. The minimum absolute atomic E-state index is 1.07. The van der Waals surface area contributed by atoms with Gasteiger partial charge in [0.15, 0.2) is 0 Å². The molecule has 0 N–H and O–H groups in total. The van der Waals surface area contributed by atoms with Gasteiger partial charge < -0.3 is 0 Å². The maximum Gasteiger partial charge on any atom is 0.0346 e. The lowest BCUT2D eigenvalue weighted by atomic mass is 9.91. The van der Waals surface area contributed by atoms with Gasteiger partial charge in [0, 0.05) is 18.0 Å². The van der Waals surface area contributed by atoms with E-state index >= 15 is 0 Å². The lowest BCUT2D eigenvalue weighted by Crippen LogP contribution is -2.00. The Morgan fingerprint density at radius 1 is 0.682 bits per heavy atom. The number of nitrogens with zero attached hydrogens (tertiary/aromatic N) is 1. The molecule has 0 aliphatic heterocycles. The summed E-state index contributed by atoms with van der Waals surface area (Å²) in [7, 11) is 0. The second-order valence-corrected chi connectivity index (χ2v) is 6.05. The van der Waals surface area contributed by atoms with E-state index < -0.39 is 0 Å². The first kappa shape index (κ1) is 13.3. The van der Waals surface area contributed by atoms with Crippen molar-refractivity contribution in [2.24, 2.45) is 0 Å². The number of hydrogen-bond acceptors (Lipinski definition) is 1. The number of benzene rings is 2. The van der Waals surface area contributed by atoms with E-state index in [1.807, 2.05) is 18.5 Å². The molecule has 0 saturated heterocycles. The van der Waals surface area contributed by atoms with Crippen molar-refractivity contribution in [3.05, 3.63) is 89.2 Å². The van der Waals surface area contributed by atoms with E-state index in [4.69, 9.17) is 0 Å². The fraction of sp³-hybridized carbons (Fsp3) is 0.190. The summed E-state index contributed by atoms with van der Waals surface area (Å²) in [4.78, 5) is 4.29. The third-order valence-corrected chi connectivity index (χ3v) is 4.56. The molecule has 4 aliphatic rings. The highest BCUT2D eigenvalue weighted by molar-refractivity contribution is 5.67. The molecule has 1 aromatic heterocycles. The zero-order valence-electron chi connectivity index (χ0n) is 12.6. The Bertz CT molecular complexity index is 773. The van der Waals surface area contributed by atoms with E-state index in [1.165, 1.54) is 33.4 Å². The van der Waals surface area contributed by atoms with Gasteiger partial charge in [-0.1, -0.05) is 48.5 Å². The molecule has 1 heterocycles. The predicted octanol–water partition coefficient (Wildman–Crippen LogP) is 4.63. The van der Waals surface area contributed by atoms with E-state index in [9.17, 15) is 0 Å². The van der Waals surface area contributed by atoms with Crippen molar-refractivity contribution in [1.82, 2.24) is 4.98 Å². The largest absolute Gasteiger partial charge is 0.264 e. The van der Waals surface area contributed by atoms with Crippen LogP contribution < -0.4 is 0 Å². The molecule has 7 rings (SSSR count). The lowest BCUT2D eigenvalue weighted by Gasteiger charge is -2.14. The van der Waals surface area contributed by atoms with Gasteiger partial charge in [-0.15, -0.1) is 0 Å². The van der Waals surface area contributed by atoms with Gasteiger partial charge in [0.25, 0.3) is 0 Å². The van der Waals surface area contributed by atoms with Crippen LogP contribution >= 0.6 is 0 Å². The summed E-state index contributed by atoms with van der Waals surface area (Å²) in [5, 5.41) is 0. The summed E-state index contributed by atoms with van der Waals surface area (Å²) in [6.45, 7) is 0. The van der Waals surface area contributed by atoms with Crippen molar-refractivity contribution < 1.29 is 0 Å². The van der Waals surface area contributed by atoms with Crippen LogP contribution in [0.15, 0.2) is 67.0 Å². The Kier molecular flexibility index (Phi) is 3.48. The maximum atomic E-state index is 4.29. The lowest BCUT2D eigenvalue weighted by molar-refractivity contribution is 0.923. The van der Waals surface area contributed by atoms with Gasteiger partial charge in [-0.05, 0) is 59.6 Å². The number of pyridine rings is 1. The second kappa shape index (κ2) is 5.76. The molecule has 0 fully saturated rings. The summed E-state index contributed by atoms with van der Waals surface area (Å²) in [6.07, 6.45) is 8.17. The van der Waals surface area contributed by atoms with E-state index in [0.717, 1.165) is 25.7 Å². The van der Waals surface area contributed by atoms with Gasteiger partial charge >= 0.3 is 0 Å². The Morgan fingerprint density at radius 2 is 1.36 bits per heavy atom. The van der Waals surface area contributed by atoms with Crippen LogP contribution in [0.2, 0.25) is 0 Å². The third-order valence-electron chi connectivity index (χ3n) is 4.56. The highest BCUT2D eigenvalue weighted by Gasteiger charge is 2.09. The van der Waals surface area contributed by atoms with Crippen LogP contribution in [0.4, 0.5) is 0 Å². The summed E-state index contributed by atoms with van der Waals surface area (Å²) in [5.74, 6) is 0. The zero-order chi connectivity index (χ0) is 14.8. The van der Waals surface area contributed by atoms with Crippen molar-refractivity contribution in [2.45, 2.75) is 25.7 Å². The fourth-order valence-electron chi connectivity index (χ4n) is 3.23. The van der Waals surface area contributed by atoms with Gasteiger partial charge in [-0.2, -0.15) is 0 Å². The van der Waals surface area contributed by atoms with Gasteiger partial charge in [-0.3, -0.25) is 4.98 Å². The molecule has 108 valence electrons. The van der Waals surface area contributed by atoms with E-state index in [1.54, 1.807) is 0 Å². The topological polar surface area (TPSA) is 12.9 Å². The molecule has 4 bridgehead atoms. The molecule has 2 aromatic carbocycles. The van der Waals surface area contributed by atoms with Crippen molar-refractivity contribution in [1.29, 1.82) is 0 Å². The van der Waals surface area contributed by atoms with E-state index in [-0.39, 0.29) is 0 Å². The molecule has 22 heavy (non-hydrogen) atoms. The quantitative estimate of drug-likeness (QED) is 0.635. The summed E-state index contributed by atoms with van der Waals surface area (Å²) in [6, 6.07) is 20.3. The van der Waals surface area contributed by atoms with Crippen molar-refractivity contribution >= 4 is 0 Å². The summed E-state index contributed by atoms with van der Waals surface area (Å²) in [5.41, 5.74) is 8.25. The number of rotatable bonds is 1. The Morgan fingerprint density at radius 3 is 2.09 bits per heavy atom. The van der Waals surface area contributed by atoms with Gasteiger partial charge in [-0.25, -0.2) is 0 Å². The third kappa shape index (κ3) is 2.67. The van der Waals surface area contributed by atoms with Crippen LogP contribution in [-0.4, -0.2) is 4.98 Å². The fourth-order valence-corrected chi connectivity index (χ4v) is 3.23. The number of aryl methyl sites for hydroxylation is 4. The summed E-state index contributed by atoms with van der Waals surface area (Å²) < 4.78 is 0. The average Bonchev–Trinajstić information content (AvgIpc) is 2.58. The highest BCUT2D eigenvalue weighted by Crippen LogP contribution is 2.27. The molecule has 0 radical (unpaired) electrons. The molecule has 0 atom stereocenters. The molecule has 3 aromatic rings. The number of aromatic nitrogens is 1. The van der Waals surface area contributed by atoms with E-state index in [2.05, 4.69) is 53.5 Å². The Labute approximate surface area is 131 Å². The molecular formula is C21H19N. The smallest absolute Gasteiger partial charge is 0.0346 e. The first-order chi connectivity index (χ1) is 10.9. The van der Waals surface area contributed by atoms with Crippen molar-refractivity contribution in [3.63, 3.8) is 0 Å². The first-order valence-corrected chi connectivity index (χ1v) is 7.98. The monoisotopic (exact) mass is 285 g/mol. The Hall–Kier alpha value is -2.41. The van der Waals surface area contributed by atoms with Crippen LogP contribution in [0.5, 0.6) is 0 Å². The molecule has 4 aliphatic carbocycles. The predicted molar refractivity (Wildman–Crippen MR) is 90.9 cm³/mol. The van der Waals surface area contributed by atoms with Gasteiger partial charge in [0.05, 0.1) is 0 Å². The van der Waals surface area contributed by atoms with Crippen LogP contribution in [0.3, 0.4) is 0 Å². The SMILES string of the molecule is c1cncc(-c2cc3ccc2CCc2ccc(cc2)CC3)c1. The van der Waals surface area contributed by atoms with Crippen molar-refractivity contribution in [2.75, 3.05) is 0 Å². The van der Waals surface area contributed by atoms with Crippen molar-refractivity contribution in [3.8, 4) is 11.1 Å². The normalized spacial score (nSPS) is 13.6. The summed E-state index contributed by atoms with van der Waals surface area (Å²) >= 11 is 0. The minimum atomic E-state index is 1.07. The molecule has 0 unspecified atom stereocenters. The first-order valence-electron chi connectivity index (χ1n) is 7.98. The molecule has 0 saturated carbocycles. The van der Waals surface area contributed by atoms with Gasteiger partial charge in [0.2, 0.25) is 0 Å². The average molecular weight is 285 g/mol. The molecule has 1 heteroatoms. The zero-order valence-corrected chi connectivity index (χ0v) is 12.6. The minimum Gasteiger partial charge on any atom is -0.264 e. The second-order valence-electron chi connectivity index (χ2n) is 6.05. The molecule has 0 spiro atoms.